The number of hydrogen-bond acceptors (Lipinski definition) is 5. The molecule has 1 aromatic carbocycles. The molecule has 3 heterocycles. The number of nitrogens with zero attached hydrogens (tertiary/aromatic N) is 1. The van der Waals surface area contributed by atoms with Gasteiger partial charge in [-0.15, -0.1) is 0 Å². The lowest BCUT2D eigenvalue weighted by Crippen LogP contribution is -2.17. The van der Waals surface area contributed by atoms with Crippen LogP contribution in [0.3, 0.4) is 0 Å². The average Bonchev–Trinajstić information content (AvgIpc) is 3.22. The number of benzene rings is 1. The minimum absolute atomic E-state index is 0.301. The van der Waals surface area contributed by atoms with Crippen LogP contribution in [-0.4, -0.2) is 16.1 Å². The number of aromatic nitrogens is 1. The quantitative estimate of drug-likeness (QED) is 0.510. The third-order valence-corrected chi connectivity index (χ3v) is 5.09. The molecule has 0 spiro atoms. The molecule has 0 radical (unpaired) electrons. The summed E-state index contributed by atoms with van der Waals surface area (Å²) < 4.78 is 5.86. The Hall–Kier alpha value is -3.30. The van der Waals surface area contributed by atoms with Crippen molar-refractivity contribution in [2.45, 2.75) is 19.8 Å². The maximum absolute atomic E-state index is 11.7. The van der Waals surface area contributed by atoms with Crippen LogP contribution in [0, 0.1) is 11.8 Å². The van der Waals surface area contributed by atoms with Crippen LogP contribution in [-0.2, 0) is 4.79 Å². The highest BCUT2D eigenvalue weighted by Crippen LogP contribution is 2.29. The Morgan fingerprint density at radius 2 is 1.93 bits per heavy atom. The second-order valence-electron chi connectivity index (χ2n) is 6.63. The first-order valence-corrected chi connectivity index (χ1v) is 9.55. The van der Waals surface area contributed by atoms with Gasteiger partial charge in [0.05, 0.1) is 10.5 Å². The smallest absolute Gasteiger partial charge is 0.290 e. The first-order chi connectivity index (χ1) is 13.5. The highest BCUT2D eigenvalue weighted by atomic mass is 32.2. The molecule has 2 aromatic heterocycles. The van der Waals surface area contributed by atoms with Crippen molar-refractivity contribution in [3.05, 3.63) is 70.1 Å². The predicted molar refractivity (Wildman–Crippen MR) is 110 cm³/mol. The van der Waals surface area contributed by atoms with Gasteiger partial charge < -0.3 is 4.42 Å². The fourth-order valence-electron chi connectivity index (χ4n) is 2.78. The van der Waals surface area contributed by atoms with Crippen molar-refractivity contribution in [3.8, 4) is 11.8 Å². The molecule has 138 valence electrons. The molecule has 5 nitrogen and oxygen atoms in total. The van der Waals surface area contributed by atoms with E-state index in [9.17, 15) is 9.59 Å². The fourth-order valence-corrected chi connectivity index (χ4v) is 3.45. The fraction of sp³-hybridized carbons (Fsp3) is 0.136. The number of fused-ring (bicyclic) bond motifs is 1. The molecule has 1 saturated heterocycles. The van der Waals surface area contributed by atoms with Crippen molar-refractivity contribution in [2.24, 2.45) is 0 Å². The molecule has 1 N–H and O–H groups in total. The summed E-state index contributed by atoms with van der Waals surface area (Å²) in [5.41, 5.74) is 3.44. The normalized spacial score (nSPS) is 15.2. The second-order valence-corrected chi connectivity index (χ2v) is 7.65. The van der Waals surface area contributed by atoms with E-state index in [4.69, 9.17) is 4.42 Å². The van der Waals surface area contributed by atoms with Gasteiger partial charge in [0.1, 0.15) is 5.76 Å². The van der Waals surface area contributed by atoms with Crippen LogP contribution < -0.4 is 5.32 Å². The van der Waals surface area contributed by atoms with E-state index in [0.29, 0.717) is 27.7 Å². The number of amides is 2. The largest absolute Gasteiger partial charge is 0.455 e. The van der Waals surface area contributed by atoms with E-state index < -0.39 is 5.91 Å². The summed E-state index contributed by atoms with van der Waals surface area (Å²) in [7, 11) is 0. The summed E-state index contributed by atoms with van der Waals surface area (Å²) in [6.45, 7) is 4.31. The van der Waals surface area contributed by atoms with E-state index in [1.165, 1.54) is 5.56 Å². The highest BCUT2D eigenvalue weighted by Gasteiger charge is 2.25. The van der Waals surface area contributed by atoms with Crippen molar-refractivity contribution in [1.82, 2.24) is 10.3 Å². The molecule has 1 aliphatic rings. The van der Waals surface area contributed by atoms with E-state index in [1.807, 2.05) is 12.1 Å². The lowest BCUT2D eigenvalue weighted by molar-refractivity contribution is -0.115. The number of carbonyl (C=O) groups is 2. The molecule has 0 aliphatic carbocycles. The molecule has 6 heteroatoms. The van der Waals surface area contributed by atoms with Gasteiger partial charge in [-0.25, -0.2) is 0 Å². The summed E-state index contributed by atoms with van der Waals surface area (Å²) >= 11 is 0.851. The number of pyridine rings is 1. The molecule has 0 saturated carbocycles. The molecule has 2 amide bonds. The van der Waals surface area contributed by atoms with Crippen LogP contribution in [0.5, 0.6) is 0 Å². The number of hydrogen-bond donors (Lipinski definition) is 1. The number of rotatable bonds is 2. The molecule has 0 atom stereocenters. The molecule has 28 heavy (non-hydrogen) atoms. The lowest BCUT2D eigenvalue weighted by atomic mass is 10.0. The highest BCUT2D eigenvalue weighted by molar-refractivity contribution is 8.18. The van der Waals surface area contributed by atoms with Crippen molar-refractivity contribution in [2.75, 3.05) is 0 Å². The van der Waals surface area contributed by atoms with Crippen LogP contribution in [0.1, 0.15) is 42.2 Å². The average molecular weight is 388 g/mol. The van der Waals surface area contributed by atoms with Crippen LogP contribution in [0.2, 0.25) is 0 Å². The van der Waals surface area contributed by atoms with Crippen LogP contribution in [0.15, 0.2) is 52.0 Å². The molecule has 1 aliphatic heterocycles. The number of thioether (sulfide) groups is 1. The maximum Gasteiger partial charge on any atom is 0.290 e. The molecule has 0 unspecified atom stereocenters. The summed E-state index contributed by atoms with van der Waals surface area (Å²) in [6, 6.07) is 9.93. The van der Waals surface area contributed by atoms with Crippen molar-refractivity contribution in [1.29, 1.82) is 0 Å². The molecule has 3 aromatic rings. The number of furan rings is 1. The summed E-state index contributed by atoms with van der Waals surface area (Å²) in [5.74, 6) is 6.78. The van der Waals surface area contributed by atoms with Crippen LogP contribution in [0.4, 0.5) is 4.79 Å². The predicted octanol–water partition coefficient (Wildman–Crippen LogP) is 4.67. The molecular formula is C22H16N2O3S. The lowest BCUT2D eigenvalue weighted by Gasteiger charge is -2.03. The topological polar surface area (TPSA) is 72.2 Å². The van der Waals surface area contributed by atoms with Gasteiger partial charge in [-0.2, -0.15) is 0 Å². The minimum atomic E-state index is -0.418. The van der Waals surface area contributed by atoms with Gasteiger partial charge in [-0.05, 0) is 41.4 Å². The first-order valence-electron chi connectivity index (χ1n) is 8.74. The van der Waals surface area contributed by atoms with Gasteiger partial charge in [0, 0.05) is 29.4 Å². The standard InChI is InChI=1S/C22H16N2O3S/c1-13(2)15-6-3-14(4-7-15)5-8-16-11-23-12-17-9-18(27-20(16)17)10-19-21(25)24-22(26)28-19/h3-4,6-7,9-13H,1-2H3,(H,24,25,26). The zero-order valence-corrected chi connectivity index (χ0v) is 16.1. The Bertz CT molecular complexity index is 1180. The van der Waals surface area contributed by atoms with Crippen molar-refractivity contribution >= 4 is 40.0 Å². The van der Waals surface area contributed by atoms with Gasteiger partial charge in [-0.1, -0.05) is 37.8 Å². The first kappa shape index (κ1) is 18.1. The van der Waals surface area contributed by atoms with Gasteiger partial charge in [-0.3, -0.25) is 19.9 Å². The number of nitrogens with one attached hydrogen (secondary N) is 1. The van der Waals surface area contributed by atoms with Crippen LogP contribution in [0.25, 0.3) is 17.0 Å². The third-order valence-electron chi connectivity index (χ3n) is 4.28. The Morgan fingerprint density at radius 3 is 2.61 bits per heavy atom. The second kappa shape index (κ2) is 7.37. The third kappa shape index (κ3) is 3.71. The van der Waals surface area contributed by atoms with E-state index in [1.54, 1.807) is 24.5 Å². The number of carbonyl (C=O) groups excluding carboxylic acids is 2. The van der Waals surface area contributed by atoms with Gasteiger partial charge in [0.15, 0.2) is 5.58 Å². The summed E-state index contributed by atoms with van der Waals surface area (Å²) in [5, 5.41) is 2.62. The van der Waals surface area contributed by atoms with E-state index in [2.05, 4.69) is 48.1 Å². The zero-order chi connectivity index (χ0) is 19.7. The van der Waals surface area contributed by atoms with E-state index in [0.717, 1.165) is 22.7 Å². The Labute approximate surface area is 166 Å². The van der Waals surface area contributed by atoms with E-state index >= 15 is 0 Å². The Balaban J connectivity index is 1.66. The van der Waals surface area contributed by atoms with Crippen LogP contribution >= 0.6 is 11.8 Å². The summed E-state index contributed by atoms with van der Waals surface area (Å²) in [4.78, 5) is 27.5. The monoisotopic (exact) mass is 388 g/mol. The molecule has 0 bridgehead atoms. The van der Waals surface area contributed by atoms with Gasteiger partial charge in [0.2, 0.25) is 0 Å². The van der Waals surface area contributed by atoms with Gasteiger partial charge in [0.25, 0.3) is 11.1 Å². The zero-order valence-electron chi connectivity index (χ0n) is 15.3. The maximum atomic E-state index is 11.7. The summed E-state index contributed by atoms with van der Waals surface area (Å²) in [6.07, 6.45) is 4.88. The molecular weight excluding hydrogens is 372 g/mol. The van der Waals surface area contributed by atoms with Crippen molar-refractivity contribution in [3.63, 3.8) is 0 Å². The Kier molecular flexibility index (Phi) is 4.76. The van der Waals surface area contributed by atoms with E-state index in [-0.39, 0.29) is 5.24 Å². The molecule has 1 fully saturated rings. The van der Waals surface area contributed by atoms with Crippen molar-refractivity contribution < 1.29 is 14.0 Å². The minimum Gasteiger partial charge on any atom is -0.455 e. The SMILES string of the molecule is CC(C)c1ccc(C#Cc2cncc3cc(C=C4SC(=O)NC4=O)oc23)cc1. The molecule has 4 rings (SSSR count). The Morgan fingerprint density at radius 1 is 1.14 bits per heavy atom. The van der Waals surface area contributed by atoms with Gasteiger partial charge >= 0.3 is 0 Å². The number of imide groups is 1.